The van der Waals surface area contributed by atoms with Crippen LogP contribution in [0.3, 0.4) is 0 Å². The second-order valence-electron chi connectivity index (χ2n) is 5.63. The zero-order chi connectivity index (χ0) is 15.1. The molecule has 1 atom stereocenters. The Kier molecular flexibility index (Phi) is 2.99. The number of benzene rings is 1. The maximum atomic E-state index is 12.4. The summed E-state index contributed by atoms with van der Waals surface area (Å²) in [5, 5.41) is 9.85. The van der Waals surface area contributed by atoms with Crippen molar-refractivity contribution in [2.75, 3.05) is 13.1 Å². The molecule has 0 amide bonds. The van der Waals surface area contributed by atoms with Crippen molar-refractivity contribution in [1.29, 1.82) is 0 Å². The van der Waals surface area contributed by atoms with Crippen LogP contribution in [0.15, 0.2) is 53.1 Å². The number of fused-ring (bicyclic) bond motifs is 2. The molecule has 112 valence electrons. The molecule has 22 heavy (non-hydrogen) atoms. The molecule has 0 spiro atoms. The molecule has 2 aliphatic rings. The highest BCUT2D eigenvalue weighted by Crippen LogP contribution is 2.28. The van der Waals surface area contributed by atoms with Crippen molar-refractivity contribution in [1.82, 2.24) is 20.0 Å². The Hall–Kier alpha value is -2.56. The third kappa shape index (κ3) is 1.93. The average Bonchev–Trinajstić information content (AvgIpc) is 2.99. The summed E-state index contributed by atoms with van der Waals surface area (Å²) >= 11 is 0. The van der Waals surface area contributed by atoms with Gasteiger partial charge in [-0.15, -0.1) is 0 Å². The fourth-order valence-electron chi connectivity index (χ4n) is 3.20. The topological polar surface area (TPSA) is 50.2 Å². The SMILES string of the molecule is CCn1nc(C2CN3CC=CC=C3N2)c2ccccc2c1=O. The minimum absolute atomic E-state index is 0.0153. The molecule has 4 rings (SSSR count). The van der Waals surface area contributed by atoms with Gasteiger partial charge in [0.2, 0.25) is 0 Å². The van der Waals surface area contributed by atoms with Gasteiger partial charge in [-0.2, -0.15) is 5.10 Å². The van der Waals surface area contributed by atoms with E-state index in [0.717, 1.165) is 35.4 Å². The van der Waals surface area contributed by atoms with Crippen LogP contribution in [0.4, 0.5) is 0 Å². The number of rotatable bonds is 2. The van der Waals surface area contributed by atoms with E-state index >= 15 is 0 Å². The summed E-state index contributed by atoms with van der Waals surface area (Å²) in [6.45, 7) is 4.32. The molecule has 1 N–H and O–H groups in total. The summed E-state index contributed by atoms with van der Waals surface area (Å²) in [5.74, 6) is 1.13. The van der Waals surface area contributed by atoms with Crippen LogP contribution in [-0.4, -0.2) is 27.8 Å². The van der Waals surface area contributed by atoms with E-state index in [2.05, 4.69) is 33.5 Å². The molecule has 2 aliphatic heterocycles. The maximum absolute atomic E-state index is 12.4. The molecule has 0 aliphatic carbocycles. The lowest BCUT2D eigenvalue weighted by Crippen LogP contribution is -2.27. The fraction of sp³-hybridized carbons (Fsp3) is 0.294. The van der Waals surface area contributed by atoms with E-state index in [9.17, 15) is 4.79 Å². The lowest BCUT2D eigenvalue weighted by molar-refractivity contribution is 0.418. The number of aryl methyl sites for hydroxylation is 1. The molecule has 0 bridgehead atoms. The first-order valence-electron chi connectivity index (χ1n) is 7.66. The van der Waals surface area contributed by atoms with Crippen LogP contribution in [0.1, 0.15) is 18.7 Å². The first-order chi connectivity index (χ1) is 10.8. The molecule has 1 saturated heterocycles. The Balaban J connectivity index is 1.85. The van der Waals surface area contributed by atoms with Gasteiger partial charge in [0, 0.05) is 25.0 Å². The molecule has 3 heterocycles. The van der Waals surface area contributed by atoms with Gasteiger partial charge in [-0.25, -0.2) is 4.68 Å². The molecular weight excluding hydrogens is 276 g/mol. The highest BCUT2D eigenvalue weighted by molar-refractivity contribution is 5.84. The smallest absolute Gasteiger partial charge is 0.274 e. The van der Waals surface area contributed by atoms with Crippen molar-refractivity contribution >= 4 is 10.8 Å². The zero-order valence-corrected chi connectivity index (χ0v) is 12.5. The second-order valence-corrected chi connectivity index (χ2v) is 5.63. The van der Waals surface area contributed by atoms with E-state index in [0.29, 0.717) is 6.54 Å². The number of nitrogens with one attached hydrogen (secondary N) is 1. The summed E-state index contributed by atoms with van der Waals surface area (Å²) in [6, 6.07) is 7.86. The van der Waals surface area contributed by atoms with Gasteiger partial charge in [-0.1, -0.05) is 30.4 Å². The van der Waals surface area contributed by atoms with Crippen molar-refractivity contribution in [3.63, 3.8) is 0 Å². The van der Waals surface area contributed by atoms with Crippen LogP contribution in [0.25, 0.3) is 10.8 Å². The van der Waals surface area contributed by atoms with Gasteiger partial charge in [-0.05, 0) is 19.1 Å². The molecule has 5 heteroatoms. The van der Waals surface area contributed by atoms with Crippen molar-refractivity contribution in [3.8, 4) is 0 Å². The molecule has 1 fully saturated rings. The van der Waals surface area contributed by atoms with Crippen LogP contribution in [0, 0.1) is 0 Å². The van der Waals surface area contributed by atoms with Crippen LogP contribution in [0.5, 0.6) is 0 Å². The Morgan fingerprint density at radius 2 is 2.14 bits per heavy atom. The predicted octanol–water partition coefficient (Wildman–Crippen LogP) is 1.77. The van der Waals surface area contributed by atoms with E-state index in [1.165, 1.54) is 0 Å². The number of nitrogens with zero attached hydrogens (tertiary/aromatic N) is 3. The highest BCUT2D eigenvalue weighted by atomic mass is 16.1. The Morgan fingerprint density at radius 3 is 2.91 bits per heavy atom. The van der Waals surface area contributed by atoms with Crippen molar-refractivity contribution in [2.24, 2.45) is 0 Å². The van der Waals surface area contributed by atoms with E-state index in [4.69, 9.17) is 0 Å². The first-order valence-corrected chi connectivity index (χ1v) is 7.66. The molecule has 2 aromatic rings. The monoisotopic (exact) mass is 294 g/mol. The second kappa shape index (κ2) is 5.02. The van der Waals surface area contributed by atoms with E-state index in [1.54, 1.807) is 4.68 Å². The Bertz CT molecular complexity index is 849. The van der Waals surface area contributed by atoms with Crippen molar-refractivity contribution in [2.45, 2.75) is 19.5 Å². The summed E-state index contributed by atoms with van der Waals surface area (Å²) < 4.78 is 1.56. The van der Waals surface area contributed by atoms with E-state index < -0.39 is 0 Å². The normalized spacial score (nSPS) is 20.0. The largest absolute Gasteiger partial charge is 0.361 e. The highest BCUT2D eigenvalue weighted by Gasteiger charge is 2.29. The third-order valence-corrected chi connectivity index (χ3v) is 4.31. The Morgan fingerprint density at radius 1 is 1.32 bits per heavy atom. The molecule has 5 nitrogen and oxygen atoms in total. The van der Waals surface area contributed by atoms with Crippen LogP contribution in [-0.2, 0) is 6.54 Å². The van der Waals surface area contributed by atoms with Crippen LogP contribution >= 0.6 is 0 Å². The zero-order valence-electron chi connectivity index (χ0n) is 12.5. The number of allylic oxidation sites excluding steroid dienone is 2. The van der Waals surface area contributed by atoms with Crippen LogP contribution in [0.2, 0.25) is 0 Å². The third-order valence-electron chi connectivity index (χ3n) is 4.31. The number of aromatic nitrogens is 2. The van der Waals surface area contributed by atoms with Crippen molar-refractivity contribution in [3.05, 3.63) is 64.4 Å². The van der Waals surface area contributed by atoms with Gasteiger partial charge in [0.15, 0.2) is 0 Å². The summed E-state index contributed by atoms with van der Waals surface area (Å²) in [7, 11) is 0. The Labute approximate surface area is 128 Å². The summed E-state index contributed by atoms with van der Waals surface area (Å²) in [5.41, 5.74) is 0.936. The quantitative estimate of drug-likeness (QED) is 0.917. The van der Waals surface area contributed by atoms with Gasteiger partial charge in [-0.3, -0.25) is 4.79 Å². The molecule has 1 aromatic heterocycles. The summed E-state index contributed by atoms with van der Waals surface area (Å²) in [6.07, 6.45) is 6.30. The number of hydrogen-bond donors (Lipinski definition) is 1. The van der Waals surface area contributed by atoms with Gasteiger partial charge in [0.25, 0.3) is 5.56 Å². The summed E-state index contributed by atoms with van der Waals surface area (Å²) in [4.78, 5) is 14.7. The van der Waals surface area contributed by atoms with Gasteiger partial charge >= 0.3 is 0 Å². The minimum Gasteiger partial charge on any atom is -0.361 e. The molecule has 0 radical (unpaired) electrons. The van der Waals surface area contributed by atoms with Gasteiger partial charge in [0.05, 0.1) is 17.1 Å². The van der Waals surface area contributed by atoms with Gasteiger partial charge in [0.1, 0.15) is 5.82 Å². The van der Waals surface area contributed by atoms with E-state index in [-0.39, 0.29) is 11.6 Å². The lowest BCUT2D eigenvalue weighted by Gasteiger charge is -2.18. The standard InChI is InChI=1S/C17H18N4O/c1-2-21-17(22)13-8-4-3-7-12(13)16(19-21)14-11-20-10-6-5-9-15(20)18-14/h3-9,14,18H,2,10-11H2,1H3. The fourth-order valence-corrected chi connectivity index (χ4v) is 3.20. The predicted molar refractivity (Wildman–Crippen MR) is 86.3 cm³/mol. The average molecular weight is 294 g/mol. The minimum atomic E-state index is -0.0153. The van der Waals surface area contributed by atoms with Crippen molar-refractivity contribution < 1.29 is 0 Å². The molecule has 1 aromatic carbocycles. The molecule has 0 saturated carbocycles. The van der Waals surface area contributed by atoms with Crippen LogP contribution < -0.4 is 10.9 Å². The number of hydrogen-bond acceptors (Lipinski definition) is 4. The lowest BCUT2D eigenvalue weighted by atomic mass is 10.1. The maximum Gasteiger partial charge on any atom is 0.274 e. The molecule has 1 unspecified atom stereocenters. The van der Waals surface area contributed by atoms with E-state index in [1.807, 2.05) is 31.2 Å². The van der Waals surface area contributed by atoms with Gasteiger partial charge < -0.3 is 10.2 Å². The molecular formula is C17H18N4O. The first kappa shape index (κ1) is 13.1.